The van der Waals surface area contributed by atoms with Gasteiger partial charge in [0.15, 0.2) is 11.5 Å². The third-order valence-electron chi connectivity index (χ3n) is 5.46. The van der Waals surface area contributed by atoms with Crippen molar-refractivity contribution in [2.45, 2.75) is 50.9 Å². The zero-order valence-corrected chi connectivity index (χ0v) is 16.1. The molecule has 0 aliphatic carbocycles. The highest BCUT2D eigenvalue weighted by atomic mass is 16.5. The van der Waals surface area contributed by atoms with Crippen LogP contribution in [-0.2, 0) is 11.3 Å². The Kier molecular flexibility index (Phi) is 6.00. The van der Waals surface area contributed by atoms with Crippen LogP contribution in [0.2, 0.25) is 0 Å². The molecule has 3 heterocycles. The van der Waals surface area contributed by atoms with E-state index in [0.717, 1.165) is 74.9 Å². The molecule has 0 spiro atoms. The quantitative estimate of drug-likeness (QED) is 0.744. The molecule has 0 bridgehead atoms. The molecule has 146 valence electrons. The van der Waals surface area contributed by atoms with Crippen LogP contribution in [0.5, 0.6) is 11.5 Å². The summed E-state index contributed by atoms with van der Waals surface area (Å²) < 4.78 is 23.4. The van der Waals surface area contributed by atoms with Gasteiger partial charge in [-0.3, -0.25) is 4.90 Å². The lowest BCUT2D eigenvalue weighted by molar-refractivity contribution is 0.000601. The van der Waals surface area contributed by atoms with Crippen LogP contribution in [0.25, 0.3) is 0 Å². The summed E-state index contributed by atoms with van der Waals surface area (Å²) >= 11 is 0. The van der Waals surface area contributed by atoms with Gasteiger partial charge in [0.2, 0.25) is 0 Å². The first-order valence-corrected chi connectivity index (χ1v) is 10.0. The molecule has 1 aromatic heterocycles. The molecule has 0 saturated carbocycles. The molecule has 2 aromatic rings. The highest BCUT2D eigenvalue weighted by Gasteiger charge is 2.24. The molecule has 4 rings (SSSR count). The van der Waals surface area contributed by atoms with Gasteiger partial charge in [-0.05, 0) is 56.4 Å². The van der Waals surface area contributed by atoms with Crippen molar-refractivity contribution >= 4 is 0 Å². The largest absolute Gasteiger partial charge is 0.493 e. The fourth-order valence-electron chi connectivity index (χ4n) is 3.92. The third kappa shape index (κ3) is 4.66. The second-order valence-corrected chi connectivity index (χ2v) is 7.40. The van der Waals surface area contributed by atoms with E-state index in [2.05, 4.69) is 17.0 Å². The van der Waals surface area contributed by atoms with E-state index >= 15 is 0 Å². The Hall–Kier alpha value is -1.98. The van der Waals surface area contributed by atoms with Crippen molar-refractivity contribution in [3.05, 3.63) is 47.9 Å². The van der Waals surface area contributed by atoms with Gasteiger partial charge < -0.3 is 18.6 Å². The van der Waals surface area contributed by atoms with Crippen molar-refractivity contribution in [2.75, 3.05) is 26.8 Å². The molecule has 5 heteroatoms. The minimum absolute atomic E-state index is 0.146. The van der Waals surface area contributed by atoms with Gasteiger partial charge in [0.25, 0.3) is 0 Å². The van der Waals surface area contributed by atoms with Crippen molar-refractivity contribution in [3.63, 3.8) is 0 Å². The molecular weight excluding hydrogens is 342 g/mol. The number of hydrogen-bond acceptors (Lipinski definition) is 5. The van der Waals surface area contributed by atoms with E-state index in [1.807, 2.05) is 24.3 Å². The number of hydrogen-bond donors (Lipinski definition) is 0. The van der Waals surface area contributed by atoms with Crippen molar-refractivity contribution < 1.29 is 18.6 Å². The van der Waals surface area contributed by atoms with Crippen LogP contribution in [0.4, 0.5) is 0 Å². The predicted molar refractivity (Wildman–Crippen MR) is 103 cm³/mol. The molecular formula is C22H29NO4. The third-order valence-corrected chi connectivity index (χ3v) is 5.46. The molecule has 2 aliphatic heterocycles. The lowest BCUT2D eigenvalue weighted by atomic mass is 10.1. The Balaban J connectivity index is 1.26. The number of furan rings is 1. The molecule has 2 saturated heterocycles. The lowest BCUT2D eigenvalue weighted by Crippen LogP contribution is -2.37. The highest BCUT2D eigenvalue weighted by molar-refractivity contribution is 5.39. The normalized spacial score (nSPS) is 21.9. The summed E-state index contributed by atoms with van der Waals surface area (Å²) in [4.78, 5) is 2.44. The van der Waals surface area contributed by atoms with Gasteiger partial charge in [0.1, 0.15) is 23.7 Å². The van der Waals surface area contributed by atoms with Crippen molar-refractivity contribution in [1.29, 1.82) is 0 Å². The fourth-order valence-corrected chi connectivity index (χ4v) is 3.92. The topological polar surface area (TPSA) is 44.1 Å². The lowest BCUT2D eigenvalue weighted by Gasteiger charge is -2.31. The van der Waals surface area contributed by atoms with E-state index in [0.29, 0.717) is 0 Å². The number of rotatable bonds is 6. The number of ether oxygens (including phenoxy) is 3. The van der Waals surface area contributed by atoms with Gasteiger partial charge >= 0.3 is 0 Å². The number of piperidine rings is 1. The zero-order valence-electron chi connectivity index (χ0n) is 16.1. The first-order valence-electron chi connectivity index (χ1n) is 10.0. The second kappa shape index (κ2) is 8.81. The van der Waals surface area contributed by atoms with Gasteiger partial charge in [0, 0.05) is 19.7 Å². The molecule has 0 amide bonds. The first-order chi connectivity index (χ1) is 13.3. The summed E-state index contributed by atoms with van der Waals surface area (Å²) in [6.45, 7) is 3.72. The Morgan fingerprint density at radius 1 is 1.00 bits per heavy atom. The minimum atomic E-state index is 0.146. The summed E-state index contributed by atoms with van der Waals surface area (Å²) in [7, 11) is 1.68. The number of nitrogens with zero attached hydrogens (tertiary/aromatic N) is 1. The molecule has 0 N–H and O–H groups in total. The molecule has 2 aliphatic rings. The minimum Gasteiger partial charge on any atom is -0.493 e. The number of likely N-dealkylation sites (tertiary alicyclic amines) is 1. The molecule has 1 unspecified atom stereocenters. The van der Waals surface area contributed by atoms with Crippen LogP contribution in [0.15, 0.2) is 40.8 Å². The van der Waals surface area contributed by atoms with Crippen LogP contribution in [0.3, 0.4) is 0 Å². The van der Waals surface area contributed by atoms with E-state index in [9.17, 15) is 0 Å². The van der Waals surface area contributed by atoms with Gasteiger partial charge in [0.05, 0.1) is 13.7 Å². The van der Waals surface area contributed by atoms with Gasteiger partial charge in [-0.15, -0.1) is 0 Å². The molecule has 1 atom stereocenters. The molecule has 0 radical (unpaired) electrons. The number of para-hydroxylation sites is 2. The summed E-state index contributed by atoms with van der Waals surface area (Å²) in [6.07, 6.45) is 5.86. The van der Waals surface area contributed by atoms with Crippen LogP contribution >= 0.6 is 0 Å². The second-order valence-electron chi connectivity index (χ2n) is 7.40. The standard InChI is InChI=1S/C22H29NO4/c1-24-19-6-2-3-8-21(19)26-17-11-13-23(14-12-17)16-18-9-10-22(27-18)20-7-4-5-15-25-20/h2-3,6,8-10,17,20H,4-5,7,11-16H2,1H3. The average molecular weight is 371 g/mol. The maximum absolute atomic E-state index is 6.17. The summed E-state index contributed by atoms with van der Waals surface area (Å²) in [5.74, 6) is 3.65. The van der Waals surface area contributed by atoms with E-state index < -0.39 is 0 Å². The van der Waals surface area contributed by atoms with Crippen molar-refractivity contribution in [3.8, 4) is 11.5 Å². The van der Waals surface area contributed by atoms with E-state index in [-0.39, 0.29) is 12.2 Å². The van der Waals surface area contributed by atoms with Crippen LogP contribution < -0.4 is 9.47 Å². The number of methoxy groups -OCH3 is 1. The Labute approximate surface area is 161 Å². The fraction of sp³-hybridized carbons (Fsp3) is 0.545. The van der Waals surface area contributed by atoms with Crippen LogP contribution in [0.1, 0.15) is 49.7 Å². The van der Waals surface area contributed by atoms with Gasteiger partial charge in [-0.1, -0.05) is 12.1 Å². The number of benzene rings is 1. The van der Waals surface area contributed by atoms with E-state index in [4.69, 9.17) is 18.6 Å². The van der Waals surface area contributed by atoms with Crippen LogP contribution in [0, 0.1) is 0 Å². The molecule has 5 nitrogen and oxygen atoms in total. The highest BCUT2D eigenvalue weighted by Crippen LogP contribution is 2.31. The average Bonchev–Trinajstić information content (AvgIpc) is 3.19. The van der Waals surface area contributed by atoms with E-state index in [1.165, 1.54) is 6.42 Å². The Bertz CT molecular complexity index is 715. The SMILES string of the molecule is COc1ccccc1OC1CCN(Cc2ccc(C3CCCCO3)o2)CC1. The summed E-state index contributed by atoms with van der Waals surface area (Å²) in [6, 6.07) is 12.0. The maximum atomic E-state index is 6.17. The Morgan fingerprint density at radius 3 is 2.56 bits per heavy atom. The predicted octanol–water partition coefficient (Wildman–Crippen LogP) is 4.57. The van der Waals surface area contributed by atoms with Crippen molar-refractivity contribution in [2.24, 2.45) is 0 Å². The van der Waals surface area contributed by atoms with Gasteiger partial charge in [-0.25, -0.2) is 0 Å². The monoisotopic (exact) mass is 371 g/mol. The summed E-state index contributed by atoms with van der Waals surface area (Å²) in [5, 5.41) is 0. The summed E-state index contributed by atoms with van der Waals surface area (Å²) in [5.41, 5.74) is 0. The van der Waals surface area contributed by atoms with Gasteiger partial charge in [-0.2, -0.15) is 0 Å². The molecule has 2 fully saturated rings. The van der Waals surface area contributed by atoms with Crippen molar-refractivity contribution in [1.82, 2.24) is 4.90 Å². The Morgan fingerprint density at radius 2 is 1.81 bits per heavy atom. The van der Waals surface area contributed by atoms with E-state index in [1.54, 1.807) is 7.11 Å². The smallest absolute Gasteiger partial charge is 0.161 e. The first kappa shape index (κ1) is 18.4. The molecule has 1 aromatic carbocycles. The maximum Gasteiger partial charge on any atom is 0.161 e. The molecule has 27 heavy (non-hydrogen) atoms. The van der Waals surface area contributed by atoms with Crippen LogP contribution in [-0.4, -0.2) is 37.8 Å². The zero-order chi connectivity index (χ0) is 18.5.